The molecule has 0 aromatic heterocycles. The fourth-order valence-electron chi connectivity index (χ4n) is 5.68. The molecule has 1 aromatic rings. The van der Waals surface area contributed by atoms with Crippen molar-refractivity contribution in [1.82, 2.24) is 9.62 Å². The molecule has 2 atom stereocenters. The summed E-state index contributed by atoms with van der Waals surface area (Å²) in [6, 6.07) is 1.59. The second-order valence-corrected chi connectivity index (χ2v) is 12.4. The summed E-state index contributed by atoms with van der Waals surface area (Å²) >= 11 is 0. The molecular weight excluding hydrogens is 436 g/mol. The first-order chi connectivity index (χ1) is 15.6. The van der Waals surface area contributed by atoms with Crippen molar-refractivity contribution in [3.63, 3.8) is 0 Å². The third-order valence-corrected chi connectivity index (χ3v) is 9.64. The Morgan fingerprint density at radius 3 is 2.55 bits per heavy atom. The van der Waals surface area contributed by atoms with Crippen molar-refractivity contribution in [2.75, 3.05) is 26.2 Å². The number of unbranched alkanes of at least 4 members (excludes halogenated alkanes) is 2. The largest absolute Gasteiger partial charge is 0.507 e. The van der Waals surface area contributed by atoms with Gasteiger partial charge in [-0.3, -0.25) is 0 Å². The molecule has 2 unspecified atom stereocenters. The average molecular weight is 475 g/mol. The molecule has 1 aromatic carbocycles. The Hall–Kier alpha value is -1.83. The summed E-state index contributed by atoms with van der Waals surface area (Å²) in [5.74, 6) is -0.561. The number of nitrogens with zero attached hydrogens (tertiary/aromatic N) is 1. The predicted molar refractivity (Wildman–Crippen MR) is 131 cm³/mol. The van der Waals surface area contributed by atoms with Crippen LogP contribution in [0.2, 0.25) is 0 Å². The number of aromatic hydroxyl groups is 2. The minimum atomic E-state index is -3.88. The van der Waals surface area contributed by atoms with Gasteiger partial charge >= 0.3 is 0 Å². The summed E-state index contributed by atoms with van der Waals surface area (Å²) < 4.78 is 29.0. The summed E-state index contributed by atoms with van der Waals surface area (Å²) in [6.45, 7) is 12.9. The van der Waals surface area contributed by atoms with Gasteiger partial charge in [-0.1, -0.05) is 43.6 Å². The first-order valence-electron chi connectivity index (χ1n) is 12.2. The Balaban J connectivity index is 1.81. The Labute approximate surface area is 198 Å². The third-order valence-electron chi connectivity index (χ3n) is 7.73. The fraction of sp³-hybridized carbons (Fsp3) is 0.615. The van der Waals surface area contributed by atoms with E-state index in [9.17, 15) is 18.6 Å². The highest BCUT2D eigenvalue weighted by molar-refractivity contribution is 7.89. The van der Waals surface area contributed by atoms with Gasteiger partial charge in [-0.05, 0) is 57.1 Å². The van der Waals surface area contributed by atoms with Gasteiger partial charge < -0.3 is 15.5 Å². The van der Waals surface area contributed by atoms with Crippen LogP contribution in [0.1, 0.15) is 69.9 Å². The molecule has 2 saturated heterocycles. The predicted octanol–water partition coefficient (Wildman–Crippen LogP) is 4.44. The van der Waals surface area contributed by atoms with E-state index in [4.69, 9.17) is 0 Å². The topological polar surface area (TPSA) is 89.9 Å². The number of rotatable bonds is 8. The number of hydrogen-bond acceptors (Lipinski definition) is 5. The van der Waals surface area contributed by atoms with E-state index in [0.29, 0.717) is 30.6 Å². The lowest BCUT2D eigenvalue weighted by Gasteiger charge is -2.55. The first kappa shape index (κ1) is 24.3. The van der Waals surface area contributed by atoms with E-state index >= 15 is 0 Å². The van der Waals surface area contributed by atoms with E-state index in [-0.39, 0.29) is 33.6 Å². The lowest BCUT2D eigenvalue weighted by Crippen LogP contribution is -2.71. The standard InChI is InChI=1S/C26H38N2O4S/c1-5-6-7-8-19-12-22(29)23(21-11-18(4)9-10-20(21)17(2)3)24(30)25(19)33(31,32)28-15-26(16-28)13-27-14-26/h11-12,20-21,27,29-30H,2,5-10,13-16H2,1,3-4H3. The van der Waals surface area contributed by atoms with Crippen molar-refractivity contribution in [3.8, 4) is 11.5 Å². The van der Waals surface area contributed by atoms with Gasteiger partial charge in [0.2, 0.25) is 10.0 Å². The van der Waals surface area contributed by atoms with Crippen LogP contribution in [0.5, 0.6) is 11.5 Å². The number of sulfonamides is 1. The minimum Gasteiger partial charge on any atom is -0.507 e. The molecule has 3 aliphatic rings. The molecule has 7 heteroatoms. The molecule has 182 valence electrons. The zero-order valence-electron chi connectivity index (χ0n) is 20.2. The van der Waals surface area contributed by atoms with E-state index in [1.807, 2.05) is 13.8 Å². The Morgan fingerprint density at radius 1 is 1.27 bits per heavy atom. The van der Waals surface area contributed by atoms with Crippen molar-refractivity contribution >= 4 is 10.0 Å². The van der Waals surface area contributed by atoms with Crippen LogP contribution in [0.15, 0.2) is 34.8 Å². The fourth-order valence-corrected chi connectivity index (χ4v) is 7.67. The monoisotopic (exact) mass is 474 g/mol. The smallest absolute Gasteiger partial charge is 0.247 e. The van der Waals surface area contributed by atoms with Crippen LogP contribution in [-0.2, 0) is 16.4 Å². The second kappa shape index (κ2) is 9.08. The number of phenols is 2. The zero-order valence-corrected chi connectivity index (χ0v) is 21.0. The lowest BCUT2D eigenvalue weighted by atomic mass is 9.73. The highest BCUT2D eigenvalue weighted by atomic mass is 32.2. The van der Waals surface area contributed by atoms with Crippen LogP contribution < -0.4 is 5.32 Å². The normalized spacial score (nSPS) is 24.8. The van der Waals surface area contributed by atoms with E-state index in [0.717, 1.165) is 50.8 Å². The van der Waals surface area contributed by atoms with E-state index in [1.165, 1.54) is 9.88 Å². The SMILES string of the molecule is C=C(C)C1CCC(C)=CC1c1c(O)cc(CCCCC)c(S(=O)(=O)N2CC3(CNC3)C2)c1O. The molecule has 33 heavy (non-hydrogen) atoms. The molecule has 2 fully saturated rings. The van der Waals surface area contributed by atoms with Crippen molar-refractivity contribution in [3.05, 3.63) is 41.0 Å². The van der Waals surface area contributed by atoms with Crippen molar-refractivity contribution in [2.24, 2.45) is 11.3 Å². The zero-order chi connectivity index (χ0) is 24.0. The summed E-state index contributed by atoms with van der Waals surface area (Å²) in [5.41, 5.74) is 3.02. The van der Waals surface area contributed by atoms with Crippen LogP contribution in [-0.4, -0.2) is 49.1 Å². The van der Waals surface area contributed by atoms with Gasteiger partial charge in [0.25, 0.3) is 0 Å². The van der Waals surface area contributed by atoms with Gasteiger partial charge in [0.05, 0.1) is 0 Å². The highest BCUT2D eigenvalue weighted by Gasteiger charge is 2.53. The molecule has 1 spiro atoms. The molecule has 0 bridgehead atoms. The number of allylic oxidation sites excluding steroid dienone is 3. The molecule has 0 radical (unpaired) electrons. The summed E-state index contributed by atoms with van der Waals surface area (Å²) in [5, 5.41) is 25.8. The lowest BCUT2D eigenvalue weighted by molar-refractivity contribution is 0.0163. The van der Waals surface area contributed by atoms with Crippen LogP contribution >= 0.6 is 0 Å². The molecule has 2 heterocycles. The Morgan fingerprint density at radius 2 is 1.97 bits per heavy atom. The van der Waals surface area contributed by atoms with E-state index < -0.39 is 10.0 Å². The first-order valence-corrected chi connectivity index (χ1v) is 13.6. The quantitative estimate of drug-likeness (QED) is 0.383. The number of benzene rings is 1. The summed E-state index contributed by atoms with van der Waals surface area (Å²) in [7, 11) is -3.88. The second-order valence-electron chi connectivity index (χ2n) is 10.5. The van der Waals surface area contributed by atoms with Gasteiger partial charge in [-0.15, -0.1) is 0 Å². The minimum absolute atomic E-state index is 0.00868. The maximum Gasteiger partial charge on any atom is 0.247 e. The number of aryl methyl sites for hydroxylation is 1. The van der Waals surface area contributed by atoms with Gasteiger partial charge in [-0.25, -0.2) is 8.42 Å². The van der Waals surface area contributed by atoms with Gasteiger partial charge in [0, 0.05) is 43.1 Å². The molecule has 4 rings (SSSR count). The summed E-state index contributed by atoms with van der Waals surface area (Å²) in [4.78, 5) is -0.00868. The molecular formula is C26H38N2O4S. The molecule has 2 aliphatic heterocycles. The average Bonchev–Trinajstić information content (AvgIpc) is 2.65. The maximum absolute atomic E-state index is 13.8. The number of hydrogen-bond donors (Lipinski definition) is 3. The molecule has 0 amide bonds. The van der Waals surface area contributed by atoms with Crippen molar-refractivity contribution < 1.29 is 18.6 Å². The van der Waals surface area contributed by atoms with Crippen LogP contribution in [0.3, 0.4) is 0 Å². The van der Waals surface area contributed by atoms with E-state index in [2.05, 4.69) is 24.9 Å². The van der Waals surface area contributed by atoms with Gasteiger partial charge in [0.15, 0.2) is 0 Å². The molecule has 3 N–H and O–H groups in total. The Kier molecular flexibility index (Phi) is 6.69. The van der Waals surface area contributed by atoms with Gasteiger partial charge in [-0.2, -0.15) is 4.31 Å². The van der Waals surface area contributed by atoms with E-state index in [1.54, 1.807) is 6.07 Å². The van der Waals surface area contributed by atoms with Crippen LogP contribution in [0.25, 0.3) is 0 Å². The van der Waals surface area contributed by atoms with Crippen LogP contribution in [0, 0.1) is 11.3 Å². The highest BCUT2D eigenvalue weighted by Crippen LogP contribution is 2.50. The summed E-state index contributed by atoms with van der Waals surface area (Å²) in [6.07, 6.45) is 7.14. The Bertz CT molecular complexity index is 1060. The third kappa shape index (κ3) is 4.35. The maximum atomic E-state index is 13.8. The van der Waals surface area contributed by atoms with Crippen molar-refractivity contribution in [1.29, 1.82) is 0 Å². The molecule has 1 aliphatic carbocycles. The van der Waals surface area contributed by atoms with Gasteiger partial charge in [0.1, 0.15) is 16.4 Å². The van der Waals surface area contributed by atoms with Crippen LogP contribution in [0.4, 0.5) is 0 Å². The number of nitrogens with one attached hydrogen (secondary N) is 1. The molecule has 6 nitrogen and oxygen atoms in total. The van der Waals surface area contributed by atoms with Crippen molar-refractivity contribution in [2.45, 2.75) is 70.1 Å². The number of phenolic OH excluding ortho intramolecular Hbond substituents is 2. The molecule has 0 saturated carbocycles.